The molecule has 0 bridgehead atoms. The molecule has 0 saturated heterocycles. The Bertz CT molecular complexity index is 808. The number of pyridine rings is 1. The molecule has 144 valence electrons. The summed E-state index contributed by atoms with van der Waals surface area (Å²) in [5, 5.41) is 6.29. The molecular formula is C20H24F2N4O. The minimum absolute atomic E-state index is 0.369. The van der Waals surface area contributed by atoms with Gasteiger partial charge in [-0.25, -0.2) is 13.8 Å². The zero-order chi connectivity index (χ0) is 19.2. The molecule has 2 aromatic rings. The Hall–Kier alpha value is -2.70. The van der Waals surface area contributed by atoms with Gasteiger partial charge in [-0.2, -0.15) is 0 Å². The third kappa shape index (κ3) is 5.64. The van der Waals surface area contributed by atoms with Gasteiger partial charge < -0.3 is 15.4 Å². The molecule has 0 amide bonds. The molecule has 1 unspecified atom stereocenters. The van der Waals surface area contributed by atoms with Crippen LogP contribution in [0.4, 0.5) is 8.78 Å². The van der Waals surface area contributed by atoms with Gasteiger partial charge in [-0.3, -0.25) is 4.99 Å². The second kappa shape index (κ2) is 8.79. The van der Waals surface area contributed by atoms with Crippen molar-refractivity contribution in [3.05, 3.63) is 59.3 Å². The fourth-order valence-electron chi connectivity index (χ4n) is 2.64. The van der Waals surface area contributed by atoms with Crippen LogP contribution < -0.4 is 15.4 Å². The van der Waals surface area contributed by atoms with Gasteiger partial charge in [0, 0.05) is 37.5 Å². The first-order chi connectivity index (χ1) is 13.0. The highest BCUT2D eigenvalue weighted by Crippen LogP contribution is 2.29. The van der Waals surface area contributed by atoms with Crippen LogP contribution in [0.2, 0.25) is 0 Å². The van der Waals surface area contributed by atoms with Crippen molar-refractivity contribution < 1.29 is 13.5 Å². The average Bonchev–Trinajstić information content (AvgIpc) is 3.48. The van der Waals surface area contributed by atoms with Crippen LogP contribution in [0.5, 0.6) is 5.88 Å². The van der Waals surface area contributed by atoms with Crippen molar-refractivity contribution in [2.24, 2.45) is 10.9 Å². The van der Waals surface area contributed by atoms with Gasteiger partial charge in [0.25, 0.3) is 0 Å². The molecule has 1 heterocycles. The minimum Gasteiger partial charge on any atom is -0.477 e. The lowest BCUT2D eigenvalue weighted by Gasteiger charge is -2.19. The van der Waals surface area contributed by atoms with Crippen LogP contribution in [-0.2, 0) is 6.54 Å². The molecule has 1 aliphatic rings. The summed E-state index contributed by atoms with van der Waals surface area (Å²) in [6.45, 7) is 3.02. The molecular weight excluding hydrogens is 350 g/mol. The maximum Gasteiger partial charge on any atom is 0.213 e. The van der Waals surface area contributed by atoms with Crippen molar-refractivity contribution in [1.82, 2.24) is 15.6 Å². The largest absolute Gasteiger partial charge is 0.477 e. The summed E-state index contributed by atoms with van der Waals surface area (Å²) in [6, 6.07) is 6.98. The lowest BCUT2D eigenvalue weighted by molar-refractivity contribution is 0.288. The molecule has 1 atom stereocenters. The lowest BCUT2D eigenvalue weighted by atomic mass is 10.1. The number of guanidine groups is 1. The van der Waals surface area contributed by atoms with Gasteiger partial charge in [-0.1, -0.05) is 6.07 Å². The van der Waals surface area contributed by atoms with E-state index in [2.05, 4.69) is 20.6 Å². The van der Waals surface area contributed by atoms with E-state index >= 15 is 0 Å². The molecule has 3 rings (SSSR count). The molecule has 1 aromatic carbocycles. The van der Waals surface area contributed by atoms with E-state index in [1.54, 1.807) is 20.2 Å². The normalized spacial score (nSPS) is 15.3. The number of hydrogen-bond acceptors (Lipinski definition) is 3. The highest BCUT2D eigenvalue weighted by molar-refractivity contribution is 5.80. The van der Waals surface area contributed by atoms with Gasteiger partial charge in [0.15, 0.2) is 5.96 Å². The van der Waals surface area contributed by atoms with Gasteiger partial charge in [0.2, 0.25) is 5.88 Å². The number of ether oxygens (including phenoxy) is 1. The summed E-state index contributed by atoms with van der Waals surface area (Å²) in [6.07, 6.45) is 4.18. The molecule has 1 aliphatic carbocycles. The molecule has 0 radical (unpaired) electrons. The first-order valence-electron chi connectivity index (χ1n) is 9.05. The van der Waals surface area contributed by atoms with Gasteiger partial charge in [-0.15, -0.1) is 0 Å². The highest BCUT2D eigenvalue weighted by Gasteiger charge is 2.22. The van der Waals surface area contributed by atoms with Crippen molar-refractivity contribution in [3.8, 4) is 5.88 Å². The Morgan fingerprint density at radius 2 is 2.11 bits per heavy atom. The van der Waals surface area contributed by atoms with Crippen molar-refractivity contribution >= 4 is 5.96 Å². The number of rotatable bonds is 7. The van der Waals surface area contributed by atoms with E-state index in [9.17, 15) is 8.78 Å². The Morgan fingerprint density at radius 3 is 2.81 bits per heavy atom. The smallest absolute Gasteiger partial charge is 0.213 e. The topological polar surface area (TPSA) is 58.5 Å². The zero-order valence-corrected chi connectivity index (χ0v) is 15.5. The molecule has 7 heteroatoms. The first-order valence-corrected chi connectivity index (χ1v) is 9.05. The quantitative estimate of drug-likeness (QED) is 0.575. The maximum absolute atomic E-state index is 13.9. The molecule has 0 spiro atoms. The van der Waals surface area contributed by atoms with Crippen LogP contribution in [0.1, 0.15) is 36.9 Å². The number of aromatic nitrogens is 1. The monoisotopic (exact) mass is 374 g/mol. The zero-order valence-electron chi connectivity index (χ0n) is 15.5. The number of halogens is 2. The predicted molar refractivity (Wildman–Crippen MR) is 101 cm³/mol. The summed E-state index contributed by atoms with van der Waals surface area (Å²) >= 11 is 0. The van der Waals surface area contributed by atoms with Crippen LogP contribution in [0.25, 0.3) is 0 Å². The van der Waals surface area contributed by atoms with Crippen molar-refractivity contribution in [2.45, 2.75) is 32.4 Å². The molecule has 1 fully saturated rings. The Morgan fingerprint density at radius 1 is 1.30 bits per heavy atom. The standard InChI is InChI=1S/C20H24F2N4O/c1-13(17-6-5-16(21)10-18(17)22)26-20(23-2)25-11-15-7-8-24-19(9-15)27-12-14-3-4-14/h5-10,13-14H,3-4,11-12H2,1-2H3,(H2,23,25,26). The Labute approximate surface area is 157 Å². The number of aliphatic imine (C=N–C) groups is 1. The van der Waals surface area contributed by atoms with Crippen molar-refractivity contribution in [1.29, 1.82) is 0 Å². The average molecular weight is 374 g/mol. The van der Waals surface area contributed by atoms with Gasteiger partial charge >= 0.3 is 0 Å². The highest BCUT2D eigenvalue weighted by atomic mass is 19.1. The second-order valence-electron chi connectivity index (χ2n) is 6.71. The van der Waals surface area contributed by atoms with E-state index in [1.165, 1.54) is 25.0 Å². The van der Waals surface area contributed by atoms with Crippen molar-refractivity contribution in [3.63, 3.8) is 0 Å². The van der Waals surface area contributed by atoms with E-state index in [-0.39, 0.29) is 6.04 Å². The molecule has 1 saturated carbocycles. The summed E-state index contributed by atoms with van der Waals surface area (Å²) < 4.78 is 32.7. The van der Waals surface area contributed by atoms with Crippen LogP contribution in [0.3, 0.4) is 0 Å². The number of hydrogen-bond donors (Lipinski definition) is 2. The third-order valence-electron chi connectivity index (χ3n) is 4.43. The fourth-order valence-corrected chi connectivity index (χ4v) is 2.64. The first kappa shape index (κ1) is 19.1. The number of benzene rings is 1. The van der Waals surface area contributed by atoms with Gasteiger partial charge in [-0.05, 0) is 43.4 Å². The van der Waals surface area contributed by atoms with E-state index in [0.29, 0.717) is 36.5 Å². The van der Waals surface area contributed by atoms with E-state index in [1.807, 2.05) is 12.1 Å². The summed E-state index contributed by atoms with van der Waals surface area (Å²) in [7, 11) is 1.64. The summed E-state index contributed by atoms with van der Waals surface area (Å²) in [4.78, 5) is 8.38. The van der Waals surface area contributed by atoms with Crippen LogP contribution in [0, 0.1) is 17.6 Å². The minimum atomic E-state index is -0.594. The molecule has 0 aliphatic heterocycles. The van der Waals surface area contributed by atoms with E-state index in [4.69, 9.17) is 4.74 Å². The van der Waals surface area contributed by atoms with Crippen LogP contribution in [-0.4, -0.2) is 24.6 Å². The predicted octanol–water partition coefficient (Wildman–Crippen LogP) is 3.57. The third-order valence-corrected chi connectivity index (χ3v) is 4.43. The molecule has 5 nitrogen and oxygen atoms in total. The molecule has 1 aromatic heterocycles. The lowest BCUT2D eigenvalue weighted by Crippen LogP contribution is -2.38. The van der Waals surface area contributed by atoms with Crippen LogP contribution in [0.15, 0.2) is 41.5 Å². The maximum atomic E-state index is 13.9. The number of nitrogens with one attached hydrogen (secondary N) is 2. The summed E-state index contributed by atoms with van der Waals surface area (Å²) in [5.41, 5.74) is 1.37. The Balaban J connectivity index is 1.54. The molecule has 2 N–H and O–H groups in total. The fraction of sp³-hybridized carbons (Fsp3) is 0.400. The second-order valence-corrected chi connectivity index (χ2v) is 6.71. The SMILES string of the molecule is CN=C(NCc1ccnc(OCC2CC2)c1)NC(C)c1ccc(F)cc1F. The van der Waals surface area contributed by atoms with Crippen molar-refractivity contribution in [2.75, 3.05) is 13.7 Å². The number of nitrogens with zero attached hydrogens (tertiary/aromatic N) is 2. The van der Waals surface area contributed by atoms with Crippen LogP contribution >= 0.6 is 0 Å². The molecule has 27 heavy (non-hydrogen) atoms. The van der Waals surface area contributed by atoms with E-state index < -0.39 is 11.6 Å². The van der Waals surface area contributed by atoms with E-state index in [0.717, 1.165) is 11.6 Å². The van der Waals surface area contributed by atoms with Gasteiger partial charge in [0.05, 0.1) is 12.6 Å². The Kier molecular flexibility index (Phi) is 6.21. The summed E-state index contributed by atoms with van der Waals surface area (Å²) in [5.74, 6) is 0.625. The van der Waals surface area contributed by atoms with Gasteiger partial charge in [0.1, 0.15) is 11.6 Å².